The topological polar surface area (TPSA) is 106 Å². The molecule has 0 aliphatic carbocycles. The molecule has 9 nitrogen and oxygen atoms in total. The van der Waals surface area contributed by atoms with E-state index in [4.69, 9.17) is 4.74 Å². The Bertz CT molecular complexity index is 834. The van der Waals surface area contributed by atoms with Gasteiger partial charge >= 0.3 is 0 Å². The first-order chi connectivity index (χ1) is 12.3. The van der Waals surface area contributed by atoms with Crippen LogP contribution in [0.5, 0.6) is 0 Å². The maximum Gasteiger partial charge on any atom is 0.242 e. The maximum absolute atomic E-state index is 12.1. The Hall–Kier alpha value is -1.95. The van der Waals surface area contributed by atoms with E-state index in [1.54, 1.807) is 25.6 Å². The van der Waals surface area contributed by atoms with E-state index >= 15 is 0 Å². The van der Waals surface area contributed by atoms with Crippen molar-refractivity contribution in [1.82, 2.24) is 19.1 Å². The number of nitrogens with one attached hydrogen (secondary N) is 1. The van der Waals surface area contributed by atoms with Crippen LogP contribution in [0.15, 0.2) is 40.6 Å². The van der Waals surface area contributed by atoms with E-state index in [9.17, 15) is 13.2 Å². The van der Waals surface area contributed by atoms with E-state index in [0.29, 0.717) is 24.0 Å². The summed E-state index contributed by atoms with van der Waals surface area (Å²) in [6, 6.07) is 6.03. The van der Waals surface area contributed by atoms with Gasteiger partial charge in [0.2, 0.25) is 15.9 Å². The number of anilines is 1. The van der Waals surface area contributed by atoms with Crippen LogP contribution in [0.4, 0.5) is 5.69 Å². The smallest absolute Gasteiger partial charge is 0.242 e. The molecule has 26 heavy (non-hydrogen) atoms. The molecule has 1 N–H and O–H groups in total. The Morgan fingerprint density at radius 2 is 2.00 bits per heavy atom. The van der Waals surface area contributed by atoms with Gasteiger partial charge < -0.3 is 14.6 Å². The lowest BCUT2D eigenvalue weighted by Crippen LogP contribution is -2.22. The molecule has 0 aliphatic rings. The van der Waals surface area contributed by atoms with Crippen LogP contribution < -0.4 is 5.32 Å². The number of hydrogen-bond donors (Lipinski definition) is 1. The van der Waals surface area contributed by atoms with Crippen molar-refractivity contribution in [3.63, 3.8) is 0 Å². The molecule has 1 aromatic carbocycles. The molecule has 142 valence electrons. The molecule has 0 aliphatic heterocycles. The van der Waals surface area contributed by atoms with Gasteiger partial charge in [0.1, 0.15) is 6.33 Å². The number of hydrogen-bond acceptors (Lipinski definition) is 7. The van der Waals surface area contributed by atoms with Crippen molar-refractivity contribution in [1.29, 1.82) is 0 Å². The van der Waals surface area contributed by atoms with Crippen LogP contribution in [-0.2, 0) is 26.1 Å². The number of aromatic nitrogens is 3. The van der Waals surface area contributed by atoms with E-state index in [-0.39, 0.29) is 16.6 Å². The van der Waals surface area contributed by atoms with Gasteiger partial charge in [0.05, 0.1) is 17.3 Å². The minimum atomic E-state index is -3.49. The Balaban J connectivity index is 1.91. The number of nitrogens with zero attached hydrogens (tertiary/aromatic N) is 4. The van der Waals surface area contributed by atoms with Crippen molar-refractivity contribution in [2.75, 3.05) is 38.9 Å². The second-order valence-corrected chi connectivity index (χ2v) is 8.54. The van der Waals surface area contributed by atoms with Gasteiger partial charge in [-0.3, -0.25) is 4.79 Å². The number of benzene rings is 1. The third-order valence-corrected chi connectivity index (χ3v) is 6.18. The number of thioether (sulfide) groups is 1. The lowest BCUT2D eigenvalue weighted by atomic mass is 10.3. The van der Waals surface area contributed by atoms with E-state index in [1.165, 1.54) is 38.0 Å². The Labute approximate surface area is 156 Å². The lowest BCUT2D eigenvalue weighted by molar-refractivity contribution is -0.113. The fourth-order valence-electron chi connectivity index (χ4n) is 1.95. The summed E-state index contributed by atoms with van der Waals surface area (Å²) in [6.07, 6.45) is 1.59. The number of rotatable bonds is 9. The van der Waals surface area contributed by atoms with Crippen LogP contribution in [0.2, 0.25) is 0 Å². The molecule has 0 saturated carbocycles. The predicted molar refractivity (Wildman–Crippen MR) is 98.6 cm³/mol. The highest BCUT2D eigenvalue weighted by Gasteiger charge is 2.17. The first kappa shape index (κ1) is 20.4. The molecule has 2 rings (SSSR count). The van der Waals surface area contributed by atoms with E-state index in [0.717, 1.165) is 4.31 Å². The standard InChI is InChI=1S/C15H21N5O4S2/c1-19(2)26(22,23)13-6-4-12(5-7-13)17-14(21)10-25-15-18-16-11-20(15)8-9-24-3/h4-7,11H,8-10H2,1-3H3,(H,17,21). The highest BCUT2D eigenvalue weighted by Crippen LogP contribution is 2.18. The first-order valence-electron chi connectivity index (χ1n) is 7.66. The zero-order valence-electron chi connectivity index (χ0n) is 14.7. The number of amides is 1. The molecule has 0 unspecified atom stereocenters. The average Bonchev–Trinajstić information content (AvgIpc) is 3.06. The summed E-state index contributed by atoms with van der Waals surface area (Å²) >= 11 is 1.26. The molecule has 0 saturated heterocycles. The quantitative estimate of drug-likeness (QED) is 0.625. The number of carbonyl (C=O) groups excluding carboxylic acids is 1. The minimum Gasteiger partial charge on any atom is -0.383 e. The van der Waals surface area contributed by atoms with Gasteiger partial charge in [-0.25, -0.2) is 12.7 Å². The fraction of sp³-hybridized carbons (Fsp3) is 0.400. The highest BCUT2D eigenvalue weighted by molar-refractivity contribution is 7.99. The minimum absolute atomic E-state index is 0.156. The van der Waals surface area contributed by atoms with Gasteiger partial charge in [0.25, 0.3) is 0 Å². The second kappa shape index (κ2) is 9.12. The Kier molecular flexibility index (Phi) is 7.14. The molecule has 2 aromatic rings. The molecule has 11 heteroatoms. The number of carbonyl (C=O) groups is 1. The first-order valence-corrected chi connectivity index (χ1v) is 10.1. The molecule has 1 aromatic heterocycles. The van der Waals surface area contributed by atoms with E-state index in [2.05, 4.69) is 15.5 Å². The predicted octanol–water partition coefficient (Wildman–Crippen LogP) is 0.906. The van der Waals surface area contributed by atoms with Gasteiger partial charge in [-0.1, -0.05) is 11.8 Å². The van der Waals surface area contributed by atoms with Crippen LogP contribution >= 0.6 is 11.8 Å². The van der Waals surface area contributed by atoms with Crippen molar-refractivity contribution in [2.24, 2.45) is 0 Å². The summed E-state index contributed by atoms with van der Waals surface area (Å²) in [5, 5.41) is 11.2. The zero-order chi connectivity index (χ0) is 19.2. The average molecular weight is 399 g/mol. The molecule has 0 bridgehead atoms. The summed E-state index contributed by atoms with van der Waals surface area (Å²) < 4.78 is 32.0. The zero-order valence-corrected chi connectivity index (χ0v) is 16.4. The summed E-state index contributed by atoms with van der Waals surface area (Å²) in [7, 11) is 1.06. The van der Waals surface area contributed by atoms with Crippen molar-refractivity contribution in [2.45, 2.75) is 16.6 Å². The molecule has 0 radical (unpaired) electrons. The summed E-state index contributed by atoms with van der Waals surface area (Å²) in [5.41, 5.74) is 0.522. The van der Waals surface area contributed by atoms with Gasteiger partial charge in [0, 0.05) is 33.4 Å². The summed E-state index contributed by atoms with van der Waals surface area (Å²) in [6.45, 7) is 1.13. The third kappa shape index (κ3) is 5.27. The van der Waals surface area contributed by atoms with Gasteiger partial charge in [-0.2, -0.15) is 0 Å². The van der Waals surface area contributed by atoms with Crippen LogP contribution in [0, 0.1) is 0 Å². The van der Waals surface area contributed by atoms with Gasteiger partial charge in [-0.05, 0) is 24.3 Å². The third-order valence-electron chi connectivity index (χ3n) is 3.37. The second-order valence-electron chi connectivity index (χ2n) is 5.45. The summed E-state index contributed by atoms with van der Waals surface area (Å²) in [5.74, 6) is -0.0665. The summed E-state index contributed by atoms with van der Waals surface area (Å²) in [4.78, 5) is 12.3. The number of sulfonamides is 1. The van der Waals surface area contributed by atoms with E-state index in [1.807, 2.05) is 4.57 Å². The van der Waals surface area contributed by atoms with Gasteiger partial charge in [0.15, 0.2) is 5.16 Å². The lowest BCUT2D eigenvalue weighted by Gasteiger charge is -2.12. The number of ether oxygens (including phenoxy) is 1. The van der Waals surface area contributed by atoms with Crippen molar-refractivity contribution in [3.8, 4) is 0 Å². The van der Waals surface area contributed by atoms with Crippen molar-refractivity contribution >= 4 is 33.4 Å². The SMILES string of the molecule is COCCn1cnnc1SCC(=O)Nc1ccc(S(=O)(=O)N(C)C)cc1. The van der Waals surface area contributed by atoms with E-state index < -0.39 is 10.0 Å². The van der Waals surface area contributed by atoms with Crippen LogP contribution in [0.3, 0.4) is 0 Å². The largest absolute Gasteiger partial charge is 0.383 e. The highest BCUT2D eigenvalue weighted by atomic mass is 32.2. The molecule has 0 fully saturated rings. The van der Waals surface area contributed by atoms with Crippen LogP contribution in [0.25, 0.3) is 0 Å². The Morgan fingerprint density at radius 1 is 1.31 bits per heavy atom. The fourth-order valence-corrected chi connectivity index (χ4v) is 3.59. The normalized spacial score (nSPS) is 11.7. The van der Waals surface area contributed by atoms with Crippen LogP contribution in [0.1, 0.15) is 0 Å². The molecule has 1 amide bonds. The molecule has 0 spiro atoms. The maximum atomic E-state index is 12.1. The molecule has 1 heterocycles. The van der Waals surface area contributed by atoms with Crippen LogP contribution in [-0.4, -0.2) is 67.0 Å². The molecular formula is C15H21N5O4S2. The van der Waals surface area contributed by atoms with Crippen molar-refractivity contribution in [3.05, 3.63) is 30.6 Å². The molecular weight excluding hydrogens is 378 g/mol. The number of methoxy groups -OCH3 is 1. The monoisotopic (exact) mass is 399 g/mol. The Morgan fingerprint density at radius 3 is 2.62 bits per heavy atom. The van der Waals surface area contributed by atoms with Gasteiger partial charge in [-0.15, -0.1) is 10.2 Å². The van der Waals surface area contributed by atoms with Crippen molar-refractivity contribution < 1.29 is 17.9 Å². The molecule has 0 atom stereocenters.